The molecule has 3 unspecified atom stereocenters. The first-order chi connectivity index (χ1) is 12.4. The van der Waals surface area contributed by atoms with E-state index in [1.807, 2.05) is 0 Å². The molecule has 1 saturated carbocycles. The number of fused-ring (bicyclic) bond motifs is 2. The summed E-state index contributed by atoms with van der Waals surface area (Å²) in [4.78, 5) is 0. The largest absolute Gasteiger partial charge is 0.0851 e. The molecule has 0 aromatic heterocycles. The number of hydrogen-bond acceptors (Lipinski definition) is 0. The van der Waals surface area contributed by atoms with Gasteiger partial charge in [0.1, 0.15) is 0 Å². The van der Waals surface area contributed by atoms with Crippen LogP contribution in [0.15, 0.2) is 96.6 Å². The predicted molar refractivity (Wildman–Crippen MR) is 106 cm³/mol. The molecule has 2 aromatic rings. The Morgan fingerprint density at radius 3 is 2.08 bits per heavy atom. The smallest absolute Gasteiger partial charge is 0.0108 e. The number of rotatable bonds is 3. The van der Waals surface area contributed by atoms with E-state index in [-0.39, 0.29) is 0 Å². The van der Waals surface area contributed by atoms with Gasteiger partial charge in [-0.05, 0) is 70.6 Å². The number of allylic oxidation sites excluding steroid dienone is 8. The van der Waals surface area contributed by atoms with Crippen molar-refractivity contribution in [3.63, 3.8) is 0 Å². The minimum atomic E-state index is 0.698. The summed E-state index contributed by atoms with van der Waals surface area (Å²) in [6, 6.07) is 21.5. The number of hydrogen-bond donors (Lipinski definition) is 0. The summed E-state index contributed by atoms with van der Waals surface area (Å²) < 4.78 is 0. The molecule has 5 rings (SSSR count). The maximum absolute atomic E-state index is 2.54. The normalized spacial score (nSPS) is 28.5. The van der Waals surface area contributed by atoms with Crippen molar-refractivity contribution in [2.24, 2.45) is 17.8 Å². The zero-order valence-electron chi connectivity index (χ0n) is 14.3. The van der Waals surface area contributed by atoms with Gasteiger partial charge in [0.15, 0.2) is 0 Å². The van der Waals surface area contributed by atoms with Crippen molar-refractivity contribution in [3.8, 4) is 0 Å². The molecule has 1 fully saturated rings. The van der Waals surface area contributed by atoms with Gasteiger partial charge in [-0.1, -0.05) is 78.9 Å². The Kier molecular flexibility index (Phi) is 3.56. The lowest BCUT2D eigenvalue weighted by Gasteiger charge is -2.15. The highest BCUT2D eigenvalue weighted by Crippen LogP contribution is 2.46. The molecule has 2 aromatic carbocycles. The SMILES string of the molecule is C1=CC2CC1CC2/C=C1\C=C(c2ccccc2)C=C1c1ccccc1. The van der Waals surface area contributed by atoms with E-state index in [9.17, 15) is 0 Å². The third-order valence-electron chi connectivity index (χ3n) is 5.84. The second kappa shape index (κ2) is 6.04. The maximum atomic E-state index is 2.54. The first-order valence-corrected chi connectivity index (χ1v) is 9.31. The van der Waals surface area contributed by atoms with Crippen molar-refractivity contribution in [2.75, 3.05) is 0 Å². The van der Waals surface area contributed by atoms with E-state index >= 15 is 0 Å². The average Bonchev–Trinajstić information content (AvgIpc) is 3.39. The summed E-state index contributed by atoms with van der Waals surface area (Å²) in [6.45, 7) is 0. The van der Waals surface area contributed by atoms with Crippen molar-refractivity contribution in [1.82, 2.24) is 0 Å². The van der Waals surface area contributed by atoms with E-state index < -0.39 is 0 Å². The van der Waals surface area contributed by atoms with Crippen LogP contribution in [0.2, 0.25) is 0 Å². The summed E-state index contributed by atoms with van der Waals surface area (Å²) in [5.41, 5.74) is 6.70. The van der Waals surface area contributed by atoms with Crippen LogP contribution < -0.4 is 0 Å². The second-order valence-corrected chi connectivity index (χ2v) is 7.46. The summed E-state index contributed by atoms with van der Waals surface area (Å²) in [5.74, 6) is 2.27. The van der Waals surface area contributed by atoms with Crippen molar-refractivity contribution < 1.29 is 0 Å². The molecule has 0 heteroatoms. The minimum absolute atomic E-state index is 0.698. The second-order valence-electron chi connectivity index (χ2n) is 7.46. The molecule has 0 heterocycles. The lowest BCUT2D eigenvalue weighted by Crippen LogP contribution is -2.04. The molecule has 2 bridgehead atoms. The van der Waals surface area contributed by atoms with Crippen LogP contribution in [0.25, 0.3) is 11.1 Å². The van der Waals surface area contributed by atoms with E-state index in [0.29, 0.717) is 5.92 Å². The Morgan fingerprint density at radius 2 is 1.44 bits per heavy atom. The third-order valence-corrected chi connectivity index (χ3v) is 5.84. The van der Waals surface area contributed by atoms with Gasteiger partial charge in [0.2, 0.25) is 0 Å². The van der Waals surface area contributed by atoms with E-state index in [4.69, 9.17) is 0 Å². The first-order valence-electron chi connectivity index (χ1n) is 9.31. The van der Waals surface area contributed by atoms with Gasteiger partial charge in [-0.25, -0.2) is 0 Å². The van der Waals surface area contributed by atoms with E-state index in [2.05, 4.69) is 91.0 Å². The van der Waals surface area contributed by atoms with Gasteiger partial charge in [0, 0.05) is 0 Å². The molecule has 0 saturated heterocycles. The minimum Gasteiger partial charge on any atom is -0.0851 e. The standard InChI is InChI=1S/C25H22/c1-3-7-19(8-4-1)23-16-24(15-22-14-18-11-12-21(22)13-18)25(17-23)20-9-5-2-6-10-20/h1-12,15-18,21-22H,13-14H2/b24-15+. The van der Waals surface area contributed by atoms with Gasteiger partial charge in [-0.3, -0.25) is 0 Å². The summed E-state index contributed by atoms with van der Waals surface area (Å²) in [7, 11) is 0. The van der Waals surface area contributed by atoms with E-state index in [1.54, 1.807) is 0 Å². The zero-order valence-corrected chi connectivity index (χ0v) is 14.3. The van der Waals surface area contributed by atoms with Gasteiger partial charge in [-0.2, -0.15) is 0 Å². The maximum Gasteiger partial charge on any atom is -0.0108 e. The molecule has 0 nitrogen and oxygen atoms in total. The van der Waals surface area contributed by atoms with Crippen LogP contribution in [0.4, 0.5) is 0 Å². The van der Waals surface area contributed by atoms with Crippen LogP contribution in [0, 0.1) is 17.8 Å². The summed E-state index contributed by atoms with van der Waals surface area (Å²) in [6.07, 6.45) is 14.8. The molecule has 3 aliphatic rings. The Hall–Kier alpha value is -2.60. The highest BCUT2D eigenvalue weighted by Gasteiger charge is 2.34. The van der Waals surface area contributed by atoms with Crippen LogP contribution in [0.3, 0.4) is 0 Å². The molecular weight excluding hydrogens is 300 g/mol. The lowest BCUT2D eigenvalue weighted by atomic mass is 9.89. The zero-order chi connectivity index (χ0) is 16.6. The Morgan fingerprint density at radius 1 is 0.720 bits per heavy atom. The predicted octanol–water partition coefficient (Wildman–Crippen LogP) is 6.31. The Balaban J connectivity index is 1.56. The molecule has 3 atom stereocenters. The molecule has 3 aliphatic carbocycles. The lowest BCUT2D eigenvalue weighted by molar-refractivity contribution is 0.549. The van der Waals surface area contributed by atoms with Gasteiger partial charge < -0.3 is 0 Å². The Labute approximate surface area is 149 Å². The van der Waals surface area contributed by atoms with Crippen LogP contribution >= 0.6 is 0 Å². The van der Waals surface area contributed by atoms with E-state index in [0.717, 1.165) is 11.8 Å². The highest BCUT2D eigenvalue weighted by molar-refractivity contribution is 5.99. The fraction of sp³-hybridized carbons (Fsp3) is 0.200. The van der Waals surface area contributed by atoms with Crippen molar-refractivity contribution in [2.45, 2.75) is 12.8 Å². The Bertz CT molecular complexity index is 894. The van der Waals surface area contributed by atoms with Crippen molar-refractivity contribution in [1.29, 1.82) is 0 Å². The van der Waals surface area contributed by atoms with Crippen molar-refractivity contribution in [3.05, 3.63) is 108 Å². The molecule has 0 N–H and O–H groups in total. The van der Waals surface area contributed by atoms with Gasteiger partial charge >= 0.3 is 0 Å². The van der Waals surface area contributed by atoms with Crippen LogP contribution in [-0.4, -0.2) is 0 Å². The molecule has 0 radical (unpaired) electrons. The summed E-state index contributed by atoms with van der Waals surface area (Å²) in [5, 5.41) is 0. The fourth-order valence-electron chi connectivity index (χ4n) is 4.57. The first kappa shape index (κ1) is 14.7. The van der Waals surface area contributed by atoms with Crippen LogP contribution in [-0.2, 0) is 0 Å². The topological polar surface area (TPSA) is 0 Å². The molecule has 122 valence electrons. The van der Waals surface area contributed by atoms with Crippen molar-refractivity contribution >= 4 is 11.1 Å². The van der Waals surface area contributed by atoms with Gasteiger partial charge in [0.05, 0.1) is 0 Å². The monoisotopic (exact) mass is 322 g/mol. The quantitative estimate of drug-likeness (QED) is 0.581. The van der Waals surface area contributed by atoms with Crippen LogP contribution in [0.5, 0.6) is 0 Å². The molecule has 0 aliphatic heterocycles. The van der Waals surface area contributed by atoms with Crippen LogP contribution in [0.1, 0.15) is 24.0 Å². The van der Waals surface area contributed by atoms with Gasteiger partial charge in [0.25, 0.3) is 0 Å². The number of benzene rings is 2. The average molecular weight is 322 g/mol. The molecule has 25 heavy (non-hydrogen) atoms. The summed E-state index contributed by atoms with van der Waals surface area (Å²) >= 11 is 0. The molecule has 0 amide bonds. The third kappa shape index (κ3) is 2.72. The van der Waals surface area contributed by atoms with E-state index in [1.165, 1.54) is 40.7 Å². The molecule has 0 spiro atoms. The van der Waals surface area contributed by atoms with Gasteiger partial charge in [-0.15, -0.1) is 0 Å². The highest BCUT2D eigenvalue weighted by atomic mass is 14.4. The fourth-order valence-corrected chi connectivity index (χ4v) is 4.57. The molecular formula is C25H22.